The van der Waals surface area contributed by atoms with E-state index in [1.165, 1.54) is 25.7 Å². The highest BCUT2D eigenvalue weighted by molar-refractivity contribution is 5.63. The van der Waals surface area contributed by atoms with E-state index in [1.54, 1.807) is 0 Å². The van der Waals surface area contributed by atoms with Gasteiger partial charge in [-0.15, -0.1) is 0 Å². The molecule has 3 heteroatoms. The average molecular weight is 289 g/mol. The smallest absolute Gasteiger partial charge is 0.0388 e. The summed E-state index contributed by atoms with van der Waals surface area (Å²) in [5.74, 6) is 4.99. The van der Waals surface area contributed by atoms with Crippen molar-refractivity contribution in [3.63, 3.8) is 0 Å². The Morgan fingerprint density at radius 1 is 1.10 bits per heavy atom. The van der Waals surface area contributed by atoms with Crippen molar-refractivity contribution in [2.75, 3.05) is 13.6 Å². The molecule has 2 aliphatic carbocycles. The molecule has 0 aromatic heterocycles. The number of hydrogen-bond acceptors (Lipinski definition) is 3. The summed E-state index contributed by atoms with van der Waals surface area (Å²) in [5.41, 5.74) is 0. The minimum Gasteiger partial charge on any atom is -0.317 e. The molecule has 3 fully saturated rings. The summed E-state index contributed by atoms with van der Waals surface area (Å²) < 4.78 is 0. The van der Waals surface area contributed by atoms with Gasteiger partial charge in [-0.05, 0) is 68.2 Å². The molecule has 2 heterocycles. The third-order valence-electron chi connectivity index (χ3n) is 7.44. The van der Waals surface area contributed by atoms with Crippen molar-refractivity contribution < 1.29 is 0 Å². The van der Waals surface area contributed by atoms with Crippen LogP contribution < -0.4 is 10.6 Å². The van der Waals surface area contributed by atoms with E-state index >= 15 is 0 Å². The van der Waals surface area contributed by atoms with E-state index in [0.717, 1.165) is 60.2 Å². The van der Waals surface area contributed by atoms with Gasteiger partial charge in [0.05, 0.1) is 0 Å². The van der Waals surface area contributed by atoms with E-state index in [4.69, 9.17) is 0 Å². The highest BCUT2D eigenvalue weighted by Gasteiger charge is 2.55. The van der Waals surface area contributed by atoms with Crippen LogP contribution in [0.25, 0.3) is 0 Å². The number of aliphatic imine (C=N–C) groups is 1. The zero-order valence-corrected chi connectivity index (χ0v) is 13.8. The van der Waals surface area contributed by atoms with Gasteiger partial charge in [0.15, 0.2) is 0 Å². The molecule has 2 N–H and O–H groups in total. The highest BCUT2D eigenvalue weighted by Crippen LogP contribution is 2.53. The van der Waals surface area contributed by atoms with Gasteiger partial charge in [-0.25, -0.2) is 0 Å². The summed E-state index contributed by atoms with van der Waals surface area (Å²) in [7, 11) is 2.14. The second kappa shape index (κ2) is 5.34. The zero-order chi connectivity index (χ0) is 14.6. The number of nitrogens with one attached hydrogen (secondary N) is 2. The molecule has 118 valence electrons. The monoisotopic (exact) mass is 289 g/mol. The molecule has 9 unspecified atom stereocenters. The lowest BCUT2D eigenvalue weighted by Gasteiger charge is -2.49. The van der Waals surface area contributed by atoms with E-state index in [1.807, 2.05) is 0 Å². The van der Waals surface area contributed by atoms with Crippen LogP contribution in [0.2, 0.25) is 0 Å². The molecule has 4 rings (SSSR count). The molecule has 2 aliphatic heterocycles. The molecule has 2 saturated carbocycles. The van der Waals surface area contributed by atoms with Gasteiger partial charge in [0.25, 0.3) is 0 Å². The van der Waals surface area contributed by atoms with E-state index in [2.05, 4.69) is 42.7 Å². The maximum Gasteiger partial charge on any atom is 0.0388 e. The molecule has 0 aromatic rings. The number of hydrogen-bond donors (Lipinski definition) is 2. The molecule has 9 atom stereocenters. The second-order valence-electron chi connectivity index (χ2n) is 8.14. The fourth-order valence-corrected chi connectivity index (χ4v) is 6.33. The third kappa shape index (κ3) is 2.11. The third-order valence-corrected chi connectivity index (χ3v) is 7.44. The predicted octanol–water partition coefficient (Wildman–Crippen LogP) is 2.32. The van der Waals surface area contributed by atoms with Crippen LogP contribution in [-0.2, 0) is 0 Å². The quantitative estimate of drug-likeness (QED) is 0.777. The minimum atomic E-state index is 0.741. The molecule has 3 nitrogen and oxygen atoms in total. The SMILES string of the molecule is CNC1CCC2NC3C(C)C4CCN=CC4C(C)C3C2C1. The van der Waals surface area contributed by atoms with Crippen molar-refractivity contribution in [3.8, 4) is 0 Å². The van der Waals surface area contributed by atoms with Crippen molar-refractivity contribution in [1.29, 1.82) is 0 Å². The van der Waals surface area contributed by atoms with Crippen LogP contribution in [-0.4, -0.2) is 37.9 Å². The molecule has 0 radical (unpaired) electrons. The average Bonchev–Trinajstić information content (AvgIpc) is 2.91. The Kier molecular flexibility index (Phi) is 3.61. The Bertz CT molecular complexity index is 421. The van der Waals surface area contributed by atoms with Gasteiger partial charge < -0.3 is 10.6 Å². The number of rotatable bonds is 1. The lowest BCUT2D eigenvalue weighted by atomic mass is 9.56. The molecule has 0 bridgehead atoms. The fraction of sp³-hybridized carbons (Fsp3) is 0.944. The van der Waals surface area contributed by atoms with Gasteiger partial charge in [0, 0.05) is 30.9 Å². The minimum absolute atomic E-state index is 0.741. The first-order chi connectivity index (χ1) is 10.2. The molecule has 0 amide bonds. The van der Waals surface area contributed by atoms with Crippen molar-refractivity contribution in [1.82, 2.24) is 10.6 Å². The molecular weight excluding hydrogens is 258 g/mol. The Morgan fingerprint density at radius 2 is 1.95 bits per heavy atom. The van der Waals surface area contributed by atoms with Crippen molar-refractivity contribution in [2.45, 2.75) is 57.7 Å². The molecular formula is C18H31N3. The van der Waals surface area contributed by atoms with Crippen molar-refractivity contribution in [2.24, 2.45) is 40.5 Å². The maximum absolute atomic E-state index is 4.64. The summed E-state index contributed by atoms with van der Waals surface area (Å²) in [5, 5.41) is 7.62. The second-order valence-corrected chi connectivity index (χ2v) is 8.14. The van der Waals surface area contributed by atoms with Crippen LogP contribution in [0.4, 0.5) is 0 Å². The summed E-state index contributed by atoms with van der Waals surface area (Å²) in [4.78, 5) is 4.64. The number of nitrogens with zero attached hydrogens (tertiary/aromatic N) is 1. The zero-order valence-electron chi connectivity index (χ0n) is 13.8. The van der Waals surface area contributed by atoms with Gasteiger partial charge in [-0.3, -0.25) is 4.99 Å². The van der Waals surface area contributed by atoms with Crippen LogP contribution in [0.5, 0.6) is 0 Å². The Morgan fingerprint density at radius 3 is 2.76 bits per heavy atom. The van der Waals surface area contributed by atoms with Gasteiger partial charge >= 0.3 is 0 Å². The molecule has 0 spiro atoms. The van der Waals surface area contributed by atoms with E-state index in [-0.39, 0.29) is 0 Å². The van der Waals surface area contributed by atoms with E-state index < -0.39 is 0 Å². The summed E-state index contributed by atoms with van der Waals surface area (Å²) >= 11 is 0. The largest absolute Gasteiger partial charge is 0.317 e. The first-order valence-corrected chi connectivity index (χ1v) is 9.14. The van der Waals surface area contributed by atoms with E-state index in [0.29, 0.717) is 0 Å². The highest BCUT2D eigenvalue weighted by atomic mass is 15.1. The van der Waals surface area contributed by atoms with Gasteiger partial charge in [0.1, 0.15) is 0 Å². The van der Waals surface area contributed by atoms with Crippen molar-refractivity contribution in [3.05, 3.63) is 0 Å². The Balaban J connectivity index is 1.62. The van der Waals surface area contributed by atoms with Crippen LogP contribution in [0.3, 0.4) is 0 Å². The van der Waals surface area contributed by atoms with E-state index in [9.17, 15) is 0 Å². The molecule has 1 saturated heterocycles. The van der Waals surface area contributed by atoms with Crippen LogP contribution in [0.15, 0.2) is 4.99 Å². The Labute approximate surface area is 129 Å². The first kappa shape index (κ1) is 14.2. The molecule has 21 heavy (non-hydrogen) atoms. The lowest BCUT2D eigenvalue weighted by molar-refractivity contribution is 0.0455. The first-order valence-electron chi connectivity index (χ1n) is 9.14. The summed E-state index contributed by atoms with van der Waals surface area (Å²) in [6.07, 6.45) is 7.73. The summed E-state index contributed by atoms with van der Waals surface area (Å²) in [6.45, 7) is 6.09. The van der Waals surface area contributed by atoms with Crippen LogP contribution in [0.1, 0.15) is 39.5 Å². The summed E-state index contributed by atoms with van der Waals surface area (Å²) in [6, 6.07) is 2.29. The van der Waals surface area contributed by atoms with Gasteiger partial charge in [-0.2, -0.15) is 0 Å². The fourth-order valence-electron chi connectivity index (χ4n) is 6.33. The Hall–Kier alpha value is -0.410. The van der Waals surface area contributed by atoms with Crippen LogP contribution >= 0.6 is 0 Å². The predicted molar refractivity (Wildman–Crippen MR) is 87.7 cm³/mol. The standard InChI is InChI=1S/C18H31N3/c1-10-15-9-20-7-6-13(15)11(2)18-17(10)14-8-12(19-3)4-5-16(14)21-18/h9-19,21H,4-8H2,1-3H3. The normalized spacial score (nSPS) is 55.7. The van der Waals surface area contributed by atoms with Gasteiger partial charge in [0.2, 0.25) is 0 Å². The topological polar surface area (TPSA) is 36.4 Å². The maximum atomic E-state index is 4.64. The number of fused-ring (bicyclic) bond motifs is 4. The van der Waals surface area contributed by atoms with Crippen LogP contribution in [0, 0.1) is 35.5 Å². The lowest BCUT2D eigenvalue weighted by Crippen LogP contribution is -2.52. The van der Waals surface area contributed by atoms with Gasteiger partial charge in [-0.1, -0.05) is 13.8 Å². The van der Waals surface area contributed by atoms with Crippen molar-refractivity contribution >= 4 is 6.21 Å². The molecule has 0 aromatic carbocycles. The molecule has 4 aliphatic rings.